The van der Waals surface area contributed by atoms with Crippen LogP contribution < -0.4 is 10.6 Å². The predicted molar refractivity (Wildman–Crippen MR) is 105 cm³/mol. The number of nitrogens with one attached hydrogen (secondary N) is 2. The molecular weight excluding hydrogens is 328 g/mol. The standard InChI is InChI=1S/C21H24N2OS/c1-12-8-14-15(9-13(12)2)23-20(18-6-5-7-25-18)19-16(22-14)10-21(3,4)11-17(19)24/h5-9,20,22-23H,10-11H2,1-4H3/t20-/m0/s1. The number of fused-ring (bicyclic) bond motifs is 1. The number of hydrogen-bond donors (Lipinski definition) is 2. The van der Waals surface area contributed by atoms with E-state index in [1.807, 2.05) is 0 Å². The second-order valence-electron chi connectivity index (χ2n) is 8.03. The minimum Gasteiger partial charge on any atom is -0.372 e. The van der Waals surface area contributed by atoms with Gasteiger partial charge >= 0.3 is 0 Å². The zero-order valence-corrected chi connectivity index (χ0v) is 16.0. The summed E-state index contributed by atoms with van der Waals surface area (Å²) in [6, 6.07) is 8.47. The van der Waals surface area contributed by atoms with Gasteiger partial charge in [-0.1, -0.05) is 19.9 Å². The van der Waals surface area contributed by atoms with E-state index < -0.39 is 0 Å². The van der Waals surface area contributed by atoms with Gasteiger partial charge in [0.15, 0.2) is 5.78 Å². The third kappa shape index (κ3) is 2.89. The summed E-state index contributed by atoms with van der Waals surface area (Å²) in [6.07, 6.45) is 1.50. The fourth-order valence-corrected chi connectivity index (χ4v) is 4.66. The lowest BCUT2D eigenvalue weighted by Crippen LogP contribution is -2.31. The van der Waals surface area contributed by atoms with Gasteiger partial charge in [0.25, 0.3) is 0 Å². The maximum absolute atomic E-state index is 13.1. The van der Waals surface area contributed by atoms with Gasteiger partial charge in [0, 0.05) is 22.6 Å². The highest BCUT2D eigenvalue weighted by Crippen LogP contribution is 2.46. The summed E-state index contributed by atoms with van der Waals surface area (Å²) in [4.78, 5) is 14.2. The normalized spacial score (nSPS) is 21.8. The maximum atomic E-state index is 13.1. The molecule has 2 aromatic rings. The molecule has 4 heteroatoms. The molecule has 4 rings (SSSR count). The van der Waals surface area contributed by atoms with Crippen molar-refractivity contribution in [3.63, 3.8) is 0 Å². The summed E-state index contributed by atoms with van der Waals surface area (Å²) in [6.45, 7) is 8.61. The molecule has 1 aromatic carbocycles. The van der Waals surface area contributed by atoms with Crippen LogP contribution in [-0.4, -0.2) is 5.78 Å². The molecule has 2 aliphatic rings. The van der Waals surface area contributed by atoms with Crippen molar-refractivity contribution < 1.29 is 4.79 Å². The minimum absolute atomic E-state index is 0.00678. The minimum atomic E-state index is -0.0746. The smallest absolute Gasteiger partial charge is 0.163 e. The molecule has 0 bridgehead atoms. The molecule has 2 N–H and O–H groups in total. The van der Waals surface area contributed by atoms with E-state index in [4.69, 9.17) is 0 Å². The van der Waals surface area contributed by atoms with Gasteiger partial charge in [-0.25, -0.2) is 0 Å². The predicted octanol–water partition coefficient (Wildman–Crippen LogP) is 5.59. The lowest BCUT2D eigenvalue weighted by Gasteiger charge is -2.33. The fourth-order valence-electron chi connectivity index (χ4n) is 3.88. The van der Waals surface area contributed by atoms with E-state index >= 15 is 0 Å². The van der Waals surface area contributed by atoms with Crippen LogP contribution in [0.4, 0.5) is 11.4 Å². The number of aryl methyl sites for hydroxylation is 2. The Morgan fingerprint density at radius 2 is 1.84 bits per heavy atom. The number of allylic oxidation sites excluding steroid dienone is 1. The summed E-state index contributed by atoms with van der Waals surface area (Å²) in [7, 11) is 0. The Kier molecular flexibility index (Phi) is 3.76. The van der Waals surface area contributed by atoms with E-state index in [2.05, 4.69) is 68.0 Å². The molecule has 0 unspecified atom stereocenters. The van der Waals surface area contributed by atoms with E-state index in [9.17, 15) is 4.79 Å². The number of ketones is 1. The van der Waals surface area contributed by atoms with Crippen LogP contribution in [-0.2, 0) is 4.79 Å². The number of hydrogen-bond acceptors (Lipinski definition) is 4. The van der Waals surface area contributed by atoms with Gasteiger partial charge in [-0.3, -0.25) is 4.79 Å². The van der Waals surface area contributed by atoms with Crippen molar-refractivity contribution in [1.82, 2.24) is 0 Å². The molecule has 0 saturated carbocycles. The van der Waals surface area contributed by atoms with E-state index in [-0.39, 0.29) is 17.2 Å². The van der Waals surface area contributed by atoms with Gasteiger partial charge in [-0.05, 0) is 60.4 Å². The van der Waals surface area contributed by atoms with Crippen LogP contribution in [0.2, 0.25) is 0 Å². The second-order valence-corrected chi connectivity index (χ2v) is 9.01. The molecule has 1 aliphatic heterocycles. The van der Waals surface area contributed by atoms with E-state index in [0.29, 0.717) is 6.42 Å². The highest BCUT2D eigenvalue weighted by Gasteiger charge is 2.39. The van der Waals surface area contributed by atoms with E-state index in [1.165, 1.54) is 16.0 Å². The lowest BCUT2D eigenvalue weighted by molar-refractivity contribution is -0.118. The van der Waals surface area contributed by atoms with E-state index in [1.54, 1.807) is 11.3 Å². The summed E-state index contributed by atoms with van der Waals surface area (Å²) in [5.74, 6) is 0.255. The lowest BCUT2D eigenvalue weighted by atomic mass is 9.74. The van der Waals surface area contributed by atoms with Crippen molar-refractivity contribution in [3.05, 3.63) is 56.9 Å². The SMILES string of the molecule is Cc1cc2c(cc1C)N[C@@H](c1cccs1)C1=C(CC(C)(C)CC1=O)N2. The Balaban J connectivity index is 1.90. The first-order valence-electron chi connectivity index (χ1n) is 8.78. The average Bonchev–Trinajstić information content (AvgIpc) is 2.98. The van der Waals surface area contributed by atoms with Crippen LogP contribution in [0.1, 0.15) is 48.7 Å². The first-order chi connectivity index (χ1) is 11.8. The monoisotopic (exact) mass is 352 g/mol. The third-order valence-corrected chi connectivity index (χ3v) is 6.19. The molecule has 1 aliphatic carbocycles. The maximum Gasteiger partial charge on any atom is 0.163 e. The van der Waals surface area contributed by atoms with Gasteiger partial charge < -0.3 is 10.6 Å². The molecular formula is C21H24N2OS. The Hall–Kier alpha value is -2.07. The number of thiophene rings is 1. The molecule has 0 fully saturated rings. The molecule has 25 heavy (non-hydrogen) atoms. The van der Waals surface area contributed by atoms with Crippen molar-refractivity contribution in [1.29, 1.82) is 0 Å². The van der Waals surface area contributed by atoms with Gasteiger partial charge in [0.2, 0.25) is 0 Å². The molecule has 0 radical (unpaired) electrons. The van der Waals surface area contributed by atoms with Crippen LogP contribution in [0.5, 0.6) is 0 Å². The first kappa shape index (κ1) is 16.4. The van der Waals surface area contributed by atoms with Crippen LogP contribution in [0.15, 0.2) is 40.9 Å². The van der Waals surface area contributed by atoms with Gasteiger partial charge in [0.1, 0.15) is 0 Å². The van der Waals surface area contributed by atoms with Crippen molar-refractivity contribution in [2.75, 3.05) is 10.6 Å². The molecule has 130 valence electrons. The fraction of sp³-hybridized carbons (Fsp3) is 0.381. The van der Waals surface area contributed by atoms with Crippen LogP contribution in [0.25, 0.3) is 0 Å². The van der Waals surface area contributed by atoms with Crippen molar-refractivity contribution in [3.8, 4) is 0 Å². The van der Waals surface area contributed by atoms with Gasteiger partial charge in [0.05, 0.1) is 17.4 Å². The van der Waals surface area contributed by atoms with Crippen LogP contribution in [0, 0.1) is 19.3 Å². The van der Waals surface area contributed by atoms with Crippen LogP contribution in [0.3, 0.4) is 0 Å². The highest BCUT2D eigenvalue weighted by molar-refractivity contribution is 7.10. The number of rotatable bonds is 1. The molecule has 0 spiro atoms. The van der Waals surface area contributed by atoms with Gasteiger partial charge in [-0.2, -0.15) is 0 Å². The highest BCUT2D eigenvalue weighted by atomic mass is 32.1. The zero-order valence-electron chi connectivity index (χ0n) is 15.2. The molecule has 1 atom stereocenters. The first-order valence-corrected chi connectivity index (χ1v) is 9.66. The summed E-state index contributed by atoms with van der Waals surface area (Å²) < 4.78 is 0. The Bertz CT molecular complexity index is 878. The summed E-state index contributed by atoms with van der Waals surface area (Å²) in [5, 5.41) is 9.34. The van der Waals surface area contributed by atoms with Crippen molar-refractivity contribution >= 4 is 28.5 Å². The molecule has 1 aromatic heterocycles. The largest absolute Gasteiger partial charge is 0.372 e. The second kappa shape index (κ2) is 5.73. The average molecular weight is 353 g/mol. The number of Topliss-reactive ketones (excluding diaryl/α,β-unsaturated/α-hetero) is 1. The quantitative estimate of drug-likeness (QED) is 0.703. The number of benzene rings is 1. The van der Waals surface area contributed by atoms with Gasteiger partial charge in [-0.15, -0.1) is 11.3 Å². The Morgan fingerprint density at radius 3 is 2.52 bits per heavy atom. The topological polar surface area (TPSA) is 41.1 Å². The molecule has 0 amide bonds. The molecule has 3 nitrogen and oxygen atoms in total. The Labute approximate surface area is 153 Å². The van der Waals surface area contributed by atoms with Crippen molar-refractivity contribution in [2.24, 2.45) is 5.41 Å². The third-order valence-electron chi connectivity index (χ3n) is 5.26. The zero-order chi connectivity index (χ0) is 17.8. The number of carbonyl (C=O) groups excluding carboxylic acids is 1. The number of carbonyl (C=O) groups is 1. The molecule has 2 heterocycles. The van der Waals surface area contributed by atoms with E-state index in [0.717, 1.165) is 29.1 Å². The Morgan fingerprint density at radius 1 is 1.12 bits per heavy atom. The summed E-state index contributed by atoms with van der Waals surface area (Å²) >= 11 is 1.70. The number of anilines is 2. The summed E-state index contributed by atoms with van der Waals surface area (Å²) in [5.41, 5.74) is 6.63. The van der Waals surface area contributed by atoms with Crippen LogP contribution >= 0.6 is 11.3 Å². The molecule has 0 saturated heterocycles. The van der Waals surface area contributed by atoms with Crippen molar-refractivity contribution in [2.45, 2.75) is 46.6 Å².